The van der Waals surface area contributed by atoms with Gasteiger partial charge < -0.3 is 5.32 Å². The number of nitrogens with zero attached hydrogens (tertiary/aromatic N) is 2. The van der Waals surface area contributed by atoms with Crippen molar-refractivity contribution in [1.29, 1.82) is 0 Å². The van der Waals surface area contributed by atoms with Crippen LogP contribution in [0.5, 0.6) is 0 Å². The van der Waals surface area contributed by atoms with Gasteiger partial charge in [0, 0.05) is 31.1 Å². The van der Waals surface area contributed by atoms with Gasteiger partial charge in [0.05, 0.1) is 17.8 Å². The van der Waals surface area contributed by atoms with Crippen molar-refractivity contribution >= 4 is 11.6 Å². The lowest BCUT2D eigenvalue weighted by Gasteiger charge is -2.43. The van der Waals surface area contributed by atoms with Gasteiger partial charge in [0.15, 0.2) is 0 Å². The van der Waals surface area contributed by atoms with Gasteiger partial charge in [-0.05, 0) is 45.7 Å². The average Bonchev–Trinajstić information content (AvgIpc) is 2.59. The van der Waals surface area contributed by atoms with Crippen LogP contribution in [0.4, 0.5) is 10.1 Å². The summed E-state index contributed by atoms with van der Waals surface area (Å²) in [6.45, 7) is 10.7. The number of anilines is 1. The summed E-state index contributed by atoms with van der Waals surface area (Å²) in [5.74, 6) is -0.342. The van der Waals surface area contributed by atoms with Gasteiger partial charge in [0.1, 0.15) is 5.82 Å². The number of rotatable bonds is 6. The van der Waals surface area contributed by atoms with Gasteiger partial charge in [-0.15, -0.1) is 0 Å². The Morgan fingerprint density at radius 3 is 2.71 bits per heavy atom. The van der Waals surface area contributed by atoms with Crippen LogP contribution in [-0.2, 0) is 9.63 Å². The minimum Gasteiger partial charge on any atom is -0.310 e. The van der Waals surface area contributed by atoms with Gasteiger partial charge in [-0.3, -0.25) is 20.1 Å². The van der Waals surface area contributed by atoms with Crippen LogP contribution in [0.2, 0.25) is 0 Å². The van der Waals surface area contributed by atoms with Crippen molar-refractivity contribution in [1.82, 2.24) is 15.4 Å². The van der Waals surface area contributed by atoms with Crippen molar-refractivity contribution < 1.29 is 14.0 Å². The van der Waals surface area contributed by atoms with E-state index in [0.717, 1.165) is 32.4 Å². The van der Waals surface area contributed by atoms with E-state index in [1.165, 1.54) is 6.07 Å². The molecule has 1 aromatic rings. The van der Waals surface area contributed by atoms with Crippen LogP contribution in [0.3, 0.4) is 0 Å². The Morgan fingerprint density at radius 1 is 1.39 bits per heavy atom. The quantitative estimate of drug-likeness (QED) is 0.729. The molecular formula is C21H33FN4O2. The lowest BCUT2D eigenvalue weighted by Crippen LogP contribution is -2.59. The standard InChI is InChI=1S/C21H33FN4O2/c1-20(2,3)28-25-13-12-23-16(14-25)15-26(19(27)21(4)10-7-11-21)24-18-9-6-5-8-17(18)22/h5-6,8-9,16,23-24H,7,10-15H2,1-4H3. The predicted octanol–water partition coefficient (Wildman–Crippen LogP) is 3.18. The molecule has 6 nitrogen and oxygen atoms in total. The zero-order chi connectivity index (χ0) is 20.4. The first-order valence-electron chi connectivity index (χ1n) is 10.2. The van der Waals surface area contributed by atoms with Crippen LogP contribution in [0.15, 0.2) is 24.3 Å². The molecular weight excluding hydrogens is 359 g/mol. The Hall–Kier alpha value is -1.70. The molecule has 156 valence electrons. The number of halogens is 1. The van der Waals surface area contributed by atoms with Crippen molar-refractivity contribution in [2.45, 2.75) is 58.6 Å². The maximum absolute atomic E-state index is 14.2. The third-order valence-electron chi connectivity index (χ3n) is 5.37. The molecule has 1 heterocycles. The van der Waals surface area contributed by atoms with Crippen molar-refractivity contribution in [2.75, 3.05) is 31.6 Å². The molecule has 1 saturated carbocycles. The van der Waals surface area contributed by atoms with Crippen LogP contribution in [0.25, 0.3) is 0 Å². The Balaban J connectivity index is 1.71. The van der Waals surface area contributed by atoms with Crippen molar-refractivity contribution in [3.63, 3.8) is 0 Å². The second-order valence-corrected chi connectivity index (χ2v) is 9.16. The number of hydrogen-bond donors (Lipinski definition) is 2. The third kappa shape index (κ3) is 5.21. The second-order valence-electron chi connectivity index (χ2n) is 9.16. The topological polar surface area (TPSA) is 56.8 Å². The van der Waals surface area contributed by atoms with Gasteiger partial charge in [0.25, 0.3) is 0 Å². The first kappa shape index (κ1) is 21.0. The van der Waals surface area contributed by atoms with Gasteiger partial charge in [-0.2, -0.15) is 5.06 Å². The summed E-state index contributed by atoms with van der Waals surface area (Å²) in [7, 11) is 0. The molecule has 0 radical (unpaired) electrons. The van der Waals surface area contributed by atoms with Crippen LogP contribution < -0.4 is 10.7 Å². The summed E-state index contributed by atoms with van der Waals surface area (Å²) < 4.78 is 14.2. The van der Waals surface area contributed by atoms with E-state index in [0.29, 0.717) is 18.8 Å². The molecule has 1 atom stereocenters. The number of para-hydroxylation sites is 1. The molecule has 2 N–H and O–H groups in total. The Kier molecular flexibility index (Phi) is 6.27. The number of amides is 1. The smallest absolute Gasteiger partial charge is 0.246 e. The first-order chi connectivity index (χ1) is 13.2. The first-order valence-corrected chi connectivity index (χ1v) is 10.2. The van der Waals surface area contributed by atoms with E-state index in [2.05, 4.69) is 10.7 Å². The molecule has 0 bridgehead atoms. The van der Waals surface area contributed by atoms with E-state index in [1.54, 1.807) is 23.2 Å². The summed E-state index contributed by atoms with van der Waals surface area (Å²) in [5.41, 5.74) is 2.73. The fraction of sp³-hybridized carbons (Fsp3) is 0.667. The second kappa shape index (κ2) is 8.35. The average molecular weight is 393 g/mol. The van der Waals surface area contributed by atoms with Crippen LogP contribution in [0, 0.1) is 11.2 Å². The van der Waals surface area contributed by atoms with E-state index in [4.69, 9.17) is 4.84 Å². The molecule has 1 saturated heterocycles. The lowest BCUT2D eigenvalue weighted by molar-refractivity contribution is -0.237. The molecule has 1 amide bonds. The summed E-state index contributed by atoms with van der Waals surface area (Å²) in [6.07, 6.45) is 2.81. The largest absolute Gasteiger partial charge is 0.310 e. The van der Waals surface area contributed by atoms with Crippen LogP contribution in [0.1, 0.15) is 47.0 Å². The highest BCUT2D eigenvalue weighted by Crippen LogP contribution is 2.42. The molecule has 1 aromatic carbocycles. The van der Waals surface area contributed by atoms with Gasteiger partial charge in [-0.1, -0.05) is 25.5 Å². The molecule has 2 fully saturated rings. The lowest BCUT2D eigenvalue weighted by atomic mass is 9.69. The van der Waals surface area contributed by atoms with E-state index < -0.39 is 0 Å². The zero-order valence-corrected chi connectivity index (χ0v) is 17.4. The molecule has 3 rings (SSSR count). The Morgan fingerprint density at radius 2 is 2.11 bits per heavy atom. The normalized spacial score (nSPS) is 22.4. The molecule has 7 heteroatoms. The number of benzene rings is 1. The number of hydroxylamine groups is 2. The van der Waals surface area contributed by atoms with Crippen molar-refractivity contribution in [3.05, 3.63) is 30.1 Å². The van der Waals surface area contributed by atoms with E-state index in [-0.39, 0.29) is 28.8 Å². The number of piperazine rings is 1. The molecule has 1 aliphatic carbocycles. The maximum atomic E-state index is 14.2. The van der Waals surface area contributed by atoms with E-state index >= 15 is 0 Å². The summed E-state index contributed by atoms with van der Waals surface area (Å²) in [5, 5.41) is 7.01. The van der Waals surface area contributed by atoms with E-state index in [1.807, 2.05) is 32.8 Å². The number of hydrogen-bond acceptors (Lipinski definition) is 5. The fourth-order valence-corrected chi connectivity index (χ4v) is 3.73. The zero-order valence-electron chi connectivity index (χ0n) is 17.4. The van der Waals surface area contributed by atoms with Gasteiger partial charge >= 0.3 is 0 Å². The molecule has 0 aromatic heterocycles. The van der Waals surface area contributed by atoms with Crippen molar-refractivity contribution in [2.24, 2.45) is 5.41 Å². The number of hydrazine groups is 1. The number of nitrogens with one attached hydrogen (secondary N) is 2. The number of carbonyl (C=O) groups is 1. The van der Waals surface area contributed by atoms with Gasteiger partial charge in [0.2, 0.25) is 5.91 Å². The Labute approximate surface area is 167 Å². The van der Waals surface area contributed by atoms with E-state index in [9.17, 15) is 9.18 Å². The monoisotopic (exact) mass is 392 g/mol. The maximum Gasteiger partial charge on any atom is 0.246 e. The minimum absolute atomic E-state index is 0.0256. The summed E-state index contributed by atoms with van der Waals surface area (Å²) in [6, 6.07) is 6.49. The minimum atomic E-state index is -0.367. The fourth-order valence-electron chi connectivity index (χ4n) is 3.73. The van der Waals surface area contributed by atoms with Gasteiger partial charge in [-0.25, -0.2) is 4.39 Å². The molecule has 0 spiro atoms. The predicted molar refractivity (Wildman–Crippen MR) is 108 cm³/mol. The third-order valence-corrected chi connectivity index (χ3v) is 5.37. The highest BCUT2D eigenvalue weighted by molar-refractivity contribution is 5.84. The molecule has 28 heavy (non-hydrogen) atoms. The van der Waals surface area contributed by atoms with Crippen LogP contribution in [-0.4, -0.2) is 53.8 Å². The molecule has 1 unspecified atom stereocenters. The van der Waals surface area contributed by atoms with Crippen molar-refractivity contribution in [3.8, 4) is 0 Å². The summed E-state index contributed by atoms with van der Waals surface area (Å²) >= 11 is 0. The SMILES string of the molecule is CC(C)(C)ON1CCNC(CN(Nc2ccccc2F)C(=O)C2(C)CCC2)C1. The van der Waals surface area contributed by atoms with Crippen LogP contribution >= 0.6 is 0 Å². The highest BCUT2D eigenvalue weighted by atomic mass is 19.1. The molecule has 2 aliphatic rings. The Bertz CT molecular complexity index is 687. The highest BCUT2D eigenvalue weighted by Gasteiger charge is 2.43. The molecule has 1 aliphatic heterocycles. The summed E-state index contributed by atoms with van der Waals surface area (Å²) in [4.78, 5) is 19.2. The number of carbonyl (C=O) groups excluding carboxylic acids is 1.